The van der Waals surface area contributed by atoms with Gasteiger partial charge in [-0.2, -0.15) is 0 Å². The normalized spacial score (nSPS) is 23.3. The van der Waals surface area contributed by atoms with Crippen molar-refractivity contribution in [2.24, 2.45) is 0 Å². The molecule has 5 heteroatoms. The van der Waals surface area contributed by atoms with E-state index in [2.05, 4.69) is 5.32 Å². The second-order valence-corrected chi connectivity index (χ2v) is 5.29. The third-order valence-electron chi connectivity index (χ3n) is 3.61. The highest BCUT2D eigenvalue weighted by molar-refractivity contribution is 5.82. The summed E-state index contributed by atoms with van der Waals surface area (Å²) in [4.78, 5) is 14.5. The average molecular weight is 264 g/mol. The van der Waals surface area contributed by atoms with Crippen LogP contribution in [0.1, 0.15) is 24.4 Å². The van der Waals surface area contributed by atoms with E-state index in [0.717, 1.165) is 30.9 Å². The lowest BCUT2D eigenvalue weighted by molar-refractivity contribution is -0.137. The molecule has 2 heterocycles. The van der Waals surface area contributed by atoms with Gasteiger partial charge in [0.05, 0.1) is 19.8 Å². The van der Waals surface area contributed by atoms with Gasteiger partial charge >= 0.3 is 0 Å². The van der Waals surface area contributed by atoms with Crippen molar-refractivity contribution in [1.29, 1.82) is 0 Å². The lowest BCUT2D eigenvalue weighted by Crippen LogP contribution is -2.52. The summed E-state index contributed by atoms with van der Waals surface area (Å²) in [5.74, 6) is 1.88. The molecule has 1 saturated heterocycles. The Hall–Kier alpha value is -1.33. The zero-order chi connectivity index (χ0) is 13.2. The van der Waals surface area contributed by atoms with Crippen molar-refractivity contribution in [2.45, 2.75) is 38.4 Å². The second-order valence-electron chi connectivity index (χ2n) is 5.29. The SMILES string of the molecule is Cc1ccc(CN(C(=O)C2COCCN2)C2CC2)o1. The molecular formula is C14H20N2O3. The molecule has 1 aliphatic carbocycles. The molecule has 1 aliphatic heterocycles. The standard InChI is InChI=1S/C14H20N2O3/c1-10-2-5-12(19-10)8-16(11-3-4-11)14(17)13-9-18-7-6-15-13/h2,5,11,13,15H,3-4,6-9H2,1H3. The van der Waals surface area contributed by atoms with Crippen LogP contribution in [0.3, 0.4) is 0 Å². The Balaban J connectivity index is 1.67. The largest absolute Gasteiger partial charge is 0.464 e. The molecule has 0 aromatic carbocycles. The van der Waals surface area contributed by atoms with Crippen molar-refractivity contribution in [3.8, 4) is 0 Å². The maximum absolute atomic E-state index is 12.5. The van der Waals surface area contributed by atoms with Gasteiger partial charge in [-0.25, -0.2) is 0 Å². The highest BCUT2D eigenvalue weighted by Crippen LogP contribution is 2.29. The third-order valence-corrected chi connectivity index (χ3v) is 3.61. The highest BCUT2D eigenvalue weighted by atomic mass is 16.5. The summed E-state index contributed by atoms with van der Waals surface area (Å²) in [5, 5.41) is 3.23. The zero-order valence-electron chi connectivity index (χ0n) is 11.2. The zero-order valence-corrected chi connectivity index (χ0v) is 11.2. The topological polar surface area (TPSA) is 54.7 Å². The summed E-state index contributed by atoms with van der Waals surface area (Å²) in [6.07, 6.45) is 2.19. The van der Waals surface area contributed by atoms with Crippen molar-refractivity contribution in [1.82, 2.24) is 10.2 Å². The summed E-state index contributed by atoms with van der Waals surface area (Å²) >= 11 is 0. The van der Waals surface area contributed by atoms with Gasteiger partial charge in [-0.05, 0) is 31.9 Å². The van der Waals surface area contributed by atoms with E-state index < -0.39 is 0 Å². The van der Waals surface area contributed by atoms with Gasteiger partial charge in [0.2, 0.25) is 5.91 Å². The van der Waals surface area contributed by atoms with Crippen LogP contribution in [-0.2, 0) is 16.1 Å². The van der Waals surface area contributed by atoms with Crippen molar-refractivity contribution in [3.63, 3.8) is 0 Å². The molecule has 1 unspecified atom stereocenters. The average Bonchev–Trinajstić information content (AvgIpc) is 3.20. The molecule has 104 valence electrons. The smallest absolute Gasteiger partial charge is 0.242 e. The van der Waals surface area contributed by atoms with E-state index in [1.54, 1.807) is 0 Å². The van der Waals surface area contributed by atoms with E-state index in [1.807, 2.05) is 24.0 Å². The van der Waals surface area contributed by atoms with E-state index in [0.29, 0.717) is 25.8 Å². The number of hydrogen-bond donors (Lipinski definition) is 1. The van der Waals surface area contributed by atoms with Crippen LogP contribution in [0.5, 0.6) is 0 Å². The Morgan fingerprint density at radius 1 is 1.47 bits per heavy atom. The number of rotatable bonds is 4. The van der Waals surface area contributed by atoms with Crippen LogP contribution in [0, 0.1) is 6.92 Å². The number of morpholine rings is 1. The molecule has 1 aromatic heterocycles. The van der Waals surface area contributed by atoms with E-state index in [1.165, 1.54) is 0 Å². The van der Waals surface area contributed by atoms with E-state index in [-0.39, 0.29) is 11.9 Å². The van der Waals surface area contributed by atoms with Crippen LogP contribution in [0.15, 0.2) is 16.5 Å². The summed E-state index contributed by atoms with van der Waals surface area (Å²) in [6, 6.07) is 4.06. The molecule has 0 spiro atoms. The molecule has 1 N–H and O–H groups in total. The predicted octanol–water partition coefficient (Wildman–Crippen LogP) is 1.07. The predicted molar refractivity (Wildman–Crippen MR) is 69.6 cm³/mol. The number of nitrogens with one attached hydrogen (secondary N) is 1. The van der Waals surface area contributed by atoms with Gasteiger partial charge in [-0.1, -0.05) is 0 Å². The number of aryl methyl sites for hydroxylation is 1. The fraction of sp³-hybridized carbons (Fsp3) is 0.643. The van der Waals surface area contributed by atoms with Crippen LogP contribution in [0.25, 0.3) is 0 Å². The summed E-state index contributed by atoms with van der Waals surface area (Å²) < 4.78 is 11.0. The van der Waals surface area contributed by atoms with Gasteiger partial charge in [0.15, 0.2) is 0 Å². The Kier molecular flexibility index (Phi) is 3.57. The second kappa shape index (κ2) is 5.35. The monoisotopic (exact) mass is 264 g/mol. The van der Waals surface area contributed by atoms with Crippen LogP contribution in [0.4, 0.5) is 0 Å². The molecule has 2 aliphatic rings. The van der Waals surface area contributed by atoms with Gasteiger partial charge in [0.25, 0.3) is 0 Å². The molecule has 1 saturated carbocycles. The minimum Gasteiger partial charge on any atom is -0.464 e. The highest BCUT2D eigenvalue weighted by Gasteiger charge is 2.36. The maximum Gasteiger partial charge on any atom is 0.242 e. The number of carbonyl (C=O) groups is 1. The molecule has 1 amide bonds. The van der Waals surface area contributed by atoms with Crippen molar-refractivity contribution in [3.05, 3.63) is 23.7 Å². The number of nitrogens with zero attached hydrogens (tertiary/aromatic N) is 1. The summed E-state index contributed by atoms with van der Waals surface area (Å²) in [7, 11) is 0. The lowest BCUT2D eigenvalue weighted by atomic mass is 10.2. The van der Waals surface area contributed by atoms with E-state index in [4.69, 9.17) is 9.15 Å². The summed E-state index contributed by atoms with van der Waals surface area (Å²) in [5.41, 5.74) is 0. The first-order chi connectivity index (χ1) is 9.24. The minimum atomic E-state index is -0.203. The first-order valence-corrected chi connectivity index (χ1v) is 6.91. The molecule has 2 fully saturated rings. The Labute approximate surface area is 112 Å². The Morgan fingerprint density at radius 2 is 2.32 bits per heavy atom. The molecule has 5 nitrogen and oxygen atoms in total. The van der Waals surface area contributed by atoms with Crippen LogP contribution < -0.4 is 5.32 Å². The fourth-order valence-electron chi connectivity index (χ4n) is 2.44. The molecule has 1 aromatic rings. The Bertz CT molecular complexity index is 447. The van der Waals surface area contributed by atoms with Crippen molar-refractivity contribution >= 4 is 5.91 Å². The molecule has 1 atom stereocenters. The van der Waals surface area contributed by atoms with Crippen LogP contribution >= 0.6 is 0 Å². The molecule has 0 radical (unpaired) electrons. The van der Waals surface area contributed by atoms with Gasteiger partial charge in [-0.15, -0.1) is 0 Å². The summed E-state index contributed by atoms with van der Waals surface area (Å²) in [6.45, 7) is 4.39. The lowest BCUT2D eigenvalue weighted by Gasteiger charge is -2.29. The number of carbonyl (C=O) groups excluding carboxylic acids is 1. The minimum absolute atomic E-state index is 0.135. The number of amides is 1. The van der Waals surface area contributed by atoms with Crippen molar-refractivity contribution < 1.29 is 13.9 Å². The van der Waals surface area contributed by atoms with Gasteiger partial charge in [-0.3, -0.25) is 4.79 Å². The van der Waals surface area contributed by atoms with E-state index in [9.17, 15) is 4.79 Å². The number of furan rings is 1. The molecule has 3 rings (SSSR count). The number of ether oxygens (including phenoxy) is 1. The van der Waals surface area contributed by atoms with Gasteiger partial charge < -0.3 is 19.4 Å². The van der Waals surface area contributed by atoms with Gasteiger partial charge in [0.1, 0.15) is 17.6 Å². The fourth-order valence-corrected chi connectivity index (χ4v) is 2.44. The van der Waals surface area contributed by atoms with Gasteiger partial charge in [0, 0.05) is 12.6 Å². The first kappa shape index (κ1) is 12.7. The quantitative estimate of drug-likeness (QED) is 0.883. The Morgan fingerprint density at radius 3 is 2.89 bits per heavy atom. The van der Waals surface area contributed by atoms with Crippen molar-refractivity contribution in [2.75, 3.05) is 19.8 Å². The van der Waals surface area contributed by atoms with Crippen LogP contribution in [-0.4, -0.2) is 42.6 Å². The third kappa shape index (κ3) is 2.98. The number of hydrogen-bond acceptors (Lipinski definition) is 4. The molecular weight excluding hydrogens is 244 g/mol. The van der Waals surface area contributed by atoms with E-state index >= 15 is 0 Å². The molecule has 19 heavy (non-hydrogen) atoms. The van der Waals surface area contributed by atoms with Crippen LogP contribution in [0.2, 0.25) is 0 Å². The molecule has 0 bridgehead atoms. The first-order valence-electron chi connectivity index (χ1n) is 6.91. The maximum atomic E-state index is 12.5.